The summed E-state index contributed by atoms with van der Waals surface area (Å²) in [5.41, 5.74) is 1.59. The number of imidazole rings is 2. The Balaban J connectivity index is 1.62. The molecule has 280 valence electrons. The third-order valence-electron chi connectivity index (χ3n) is 9.67. The van der Waals surface area contributed by atoms with Crippen LogP contribution >= 0.6 is 0 Å². The molecule has 4 aromatic rings. The van der Waals surface area contributed by atoms with Crippen LogP contribution in [0.4, 0.5) is 0 Å². The van der Waals surface area contributed by atoms with Crippen LogP contribution in [-0.4, -0.2) is 52.7 Å². The Morgan fingerprint density at radius 1 is 0.519 bits per heavy atom. The minimum atomic E-state index is -0.713. The number of rotatable bonds is 4. The van der Waals surface area contributed by atoms with E-state index in [9.17, 15) is 19.2 Å². The predicted octanol–water partition coefficient (Wildman–Crippen LogP) is 4.57. The maximum Gasteiger partial charge on any atom is 0.273 e. The summed E-state index contributed by atoms with van der Waals surface area (Å²) in [5, 5.41) is 12.0. The monoisotopic (exact) mass is 718 g/mol. The fourth-order valence-corrected chi connectivity index (χ4v) is 6.19. The molecule has 5 heterocycles. The Morgan fingerprint density at radius 3 is 1.17 bits per heavy atom. The van der Waals surface area contributed by atoms with E-state index in [1.165, 1.54) is 12.5 Å². The number of hydrogen-bond acceptors (Lipinski definition) is 10. The van der Waals surface area contributed by atoms with Gasteiger partial charge in [0.2, 0.25) is 11.8 Å². The molecule has 0 fully saturated rings. The van der Waals surface area contributed by atoms with Crippen LogP contribution in [0.1, 0.15) is 156 Å². The first-order chi connectivity index (χ1) is 24.4. The van der Waals surface area contributed by atoms with Gasteiger partial charge in [-0.15, -0.1) is 0 Å². The second-order valence-electron chi connectivity index (χ2n) is 14.8. The van der Waals surface area contributed by atoms with Gasteiger partial charge in [-0.2, -0.15) is 0 Å². The third kappa shape index (κ3) is 7.23. The van der Waals surface area contributed by atoms with Gasteiger partial charge in [0, 0.05) is 25.5 Å². The Morgan fingerprint density at radius 2 is 0.827 bits per heavy atom. The van der Waals surface area contributed by atoms with E-state index in [0.29, 0.717) is 23.0 Å². The molecule has 0 aromatic carbocycles. The van der Waals surface area contributed by atoms with Gasteiger partial charge >= 0.3 is 0 Å². The van der Waals surface area contributed by atoms with Crippen LogP contribution in [0.5, 0.6) is 0 Å². The molecule has 0 saturated heterocycles. The number of aromatic nitrogens is 6. The third-order valence-corrected chi connectivity index (χ3v) is 9.67. The first kappa shape index (κ1) is 38.0. The van der Waals surface area contributed by atoms with E-state index in [1.54, 1.807) is 37.1 Å². The van der Waals surface area contributed by atoms with Crippen molar-refractivity contribution in [3.8, 4) is 0 Å². The highest BCUT2D eigenvalue weighted by molar-refractivity contribution is 5.95. The van der Waals surface area contributed by atoms with E-state index < -0.39 is 47.8 Å². The van der Waals surface area contributed by atoms with Gasteiger partial charge in [-0.05, 0) is 37.5 Å². The topological polar surface area (TPSA) is 204 Å². The van der Waals surface area contributed by atoms with E-state index in [0.717, 1.165) is 0 Å². The molecular formula is C36H50N10O6. The second kappa shape index (κ2) is 14.8. The molecular weight excluding hydrogens is 668 g/mol. The standard InChI is InChI=1S/C36H50N10O6/c1-15(2)23-29-39-27(19(9)45(29)11)33(49)42-24(16(3)4)30-40-28(20(10)46(30)12)34(50)44-26(18(7)8)36-38-22(14-52-36)32(48)43-25(17(5)6)35-37-21(13-51-35)31(47)41-23/h13-18,23-26H,1-12H3,(H,41,47)(H,42,49)(H,43,48)(H,44,50)/t23-,24-,25-,26-/m0/s1. The highest BCUT2D eigenvalue weighted by Crippen LogP contribution is 2.29. The first-order valence-corrected chi connectivity index (χ1v) is 17.6. The molecule has 16 nitrogen and oxygen atoms in total. The number of amides is 4. The molecule has 0 saturated carbocycles. The molecule has 0 radical (unpaired) electrons. The van der Waals surface area contributed by atoms with Crippen molar-refractivity contribution in [3.63, 3.8) is 0 Å². The van der Waals surface area contributed by atoms with Crippen LogP contribution in [0.15, 0.2) is 21.4 Å². The van der Waals surface area contributed by atoms with E-state index in [4.69, 9.17) is 18.8 Å². The number of nitrogens with one attached hydrogen (secondary N) is 4. The summed E-state index contributed by atoms with van der Waals surface area (Å²) in [6.07, 6.45) is 2.48. The van der Waals surface area contributed by atoms with Gasteiger partial charge in [0.1, 0.15) is 47.6 Å². The molecule has 0 unspecified atom stereocenters. The van der Waals surface area contributed by atoms with Crippen LogP contribution in [-0.2, 0) is 14.1 Å². The van der Waals surface area contributed by atoms with Gasteiger partial charge in [-0.3, -0.25) is 19.2 Å². The van der Waals surface area contributed by atoms with Gasteiger partial charge in [0.05, 0.1) is 12.1 Å². The molecule has 4 amide bonds. The highest BCUT2D eigenvalue weighted by atomic mass is 16.3. The van der Waals surface area contributed by atoms with E-state index >= 15 is 0 Å². The summed E-state index contributed by atoms with van der Waals surface area (Å²) < 4.78 is 15.1. The molecule has 0 spiro atoms. The van der Waals surface area contributed by atoms with Crippen LogP contribution < -0.4 is 21.3 Å². The normalized spacial score (nSPS) is 20.6. The molecule has 52 heavy (non-hydrogen) atoms. The number of hydrogen-bond donors (Lipinski definition) is 4. The summed E-state index contributed by atoms with van der Waals surface area (Å²) in [4.78, 5) is 73.3. The van der Waals surface area contributed by atoms with Crippen LogP contribution in [0.2, 0.25) is 0 Å². The lowest BCUT2D eigenvalue weighted by Gasteiger charge is -2.22. The van der Waals surface area contributed by atoms with Crippen molar-refractivity contribution in [3.05, 3.63) is 70.1 Å². The van der Waals surface area contributed by atoms with Crippen molar-refractivity contribution < 1.29 is 28.0 Å². The number of carbonyl (C=O) groups is 4. The second-order valence-corrected chi connectivity index (χ2v) is 14.8. The SMILES string of the molecule is Cc1c2nc(n1C)[C@H](C(C)C)NC(=O)c1coc(n1)[C@H](C(C)C)NC(=O)c1coc(n1)[C@H](C(C)C)NC(=O)c1nc(n(C)c1C)[C@H](C(C)C)NC2=O. The van der Waals surface area contributed by atoms with Crippen LogP contribution in [0.3, 0.4) is 0 Å². The number of fused-ring (bicyclic) bond motifs is 8. The smallest absolute Gasteiger partial charge is 0.273 e. The Bertz CT molecular complexity index is 1980. The summed E-state index contributed by atoms with van der Waals surface area (Å²) in [6.45, 7) is 18.9. The van der Waals surface area contributed by atoms with Crippen molar-refractivity contribution in [2.45, 2.75) is 93.4 Å². The molecule has 4 aromatic heterocycles. The maximum atomic E-state index is 14.0. The van der Waals surface area contributed by atoms with E-state index in [-0.39, 0.29) is 58.2 Å². The summed E-state index contributed by atoms with van der Waals surface area (Å²) in [6, 6.07) is -2.59. The fourth-order valence-electron chi connectivity index (χ4n) is 6.19. The average Bonchev–Trinajstić information content (AvgIpc) is 3.87. The zero-order valence-electron chi connectivity index (χ0n) is 31.9. The van der Waals surface area contributed by atoms with E-state index in [1.807, 2.05) is 55.4 Å². The largest absolute Gasteiger partial charge is 0.446 e. The van der Waals surface area contributed by atoms with Crippen molar-refractivity contribution in [2.24, 2.45) is 37.8 Å². The number of oxazole rings is 2. The predicted molar refractivity (Wildman–Crippen MR) is 189 cm³/mol. The molecule has 4 atom stereocenters. The lowest BCUT2D eigenvalue weighted by Crippen LogP contribution is -2.35. The summed E-state index contributed by atoms with van der Waals surface area (Å²) in [7, 11) is 3.59. The van der Waals surface area contributed by atoms with Gasteiger partial charge in [0.15, 0.2) is 11.4 Å². The summed E-state index contributed by atoms with van der Waals surface area (Å²) >= 11 is 0. The molecule has 1 aliphatic rings. The molecule has 0 aliphatic carbocycles. The lowest BCUT2D eigenvalue weighted by molar-refractivity contribution is 0.0905. The van der Waals surface area contributed by atoms with Gasteiger partial charge in [0.25, 0.3) is 23.6 Å². The quantitative estimate of drug-likeness (QED) is 0.231. The van der Waals surface area contributed by atoms with Crippen LogP contribution in [0, 0.1) is 37.5 Å². The fraction of sp³-hybridized carbons (Fsp3) is 0.556. The molecule has 1 aliphatic heterocycles. The molecule has 8 bridgehead atoms. The summed E-state index contributed by atoms with van der Waals surface area (Å²) in [5.74, 6) is -1.29. The zero-order chi connectivity index (χ0) is 38.3. The minimum absolute atomic E-state index is 0.00384. The lowest BCUT2D eigenvalue weighted by atomic mass is 10.0. The Labute approximate surface area is 303 Å². The van der Waals surface area contributed by atoms with E-state index in [2.05, 4.69) is 31.2 Å². The zero-order valence-corrected chi connectivity index (χ0v) is 31.9. The van der Waals surface area contributed by atoms with Gasteiger partial charge in [-0.1, -0.05) is 55.4 Å². The molecule has 4 N–H and O–H groups in total. The molecule has 16 heteroatoms. The maximum absolute atomic E-state index is 14.0. The van der Waals surface area contributed by atoms with Crippen molar-refractivity contribution in [1.82, 2.24) is 50.3 Å². The van der Waals surface area contributed by atoms with Gasteiger partial charge < -0.3 is 39.2 Å². The Hall–Kier alpha value is -5.28. The molecule has 5 rings (SSSR count). The number of nitrogens with zero attached hydrogens (tertiary/aromatic N) is 6. The first-order valence-electron chi connectivity index (χ1n) is 17.6. The Kier molecular flexibility index (Phi) is 10.8. The minimum Gasteiger partial charge on any atom is -0.446 e. The van der Waals surface area contributed by atoms with Crippen molar-refractivity contribution in [1.29, 1.82) is 0 Å². The number of carbonyl (C=O) groups excluding carboxylic acids is 4. The van der Waals surface area contributed by atoms with Crippen molar-refractivity contribution in [2.75, 3.05) is 0 Å². The van der Waals surface area contributed by atoms with Crippen molar-refractivity contribution >= 4 is 23.6 Å². The highest BCUT2D eigenvalue weighted by Gasteiger charge is 2.34. The average molecular weight is 719 g/mol. The van der Waals surface area contributed by atoms with Gasteiger partial charge in [-0.25, -0.2) is 19.9 Å². The van der Waals surface area contributed by atoms with Crippen LogP contribution in [0.25, 0.3) is 0 Å².